The van der Waals surface area contributed by atoms with Crippen molar-refractivity contribution in [2.75, 3.05) is 13.2 Å². The van der Waals surface area contributed by atoms with Gasteiger partial charge in [-0.25, -0.2) is 4.98 Å². The SMILES string of the molecule is CC(=O)OC[C@@H]1[C@@H](OC(C)=O)[C@@H](OC(C)=O)[C@@H](Sc2ccccn2)O[C@H]1COC(C)=O. The molecule has 1 fully saturated rings. The fourth-order valence-electron chi connectivity index (χ4n) is 3.03. The molecule has 0 amide bonds. The molecule has 1 saturated heterocycles. The third-order valence-electron chi connectivity index (χ3n) is 4.21. The van der Waals surface area contributed by atoms with Gasteiger partial charge in [0.15, 0.2) is 12.2 Å². The maximum Gasteiger partial charge on any atom is 0.303 e. The third-order valence-corrected chi connectivity index (χ3v) is 5.30. The first-order chi connectivity index (χ1) is 14.7. The van der Waals surface area contributed by atoms with Crippen LogP contribution < -0.4 is 0 Å². The number of esters is 4. The minimum Gasteiger partial charge on any atom is -0.465 e. The van der Waals surface area contributed by atoms with Gasteiger partial charge in [-0.15, -0.1) is 0 Å². The number of pyridine rings is 1. The van der Waals surface area contributed by atoms with Crippen molar-refractivity contribution in [1.82, 2.24) is 4.98 Å². The predicted octanol–water partition coefficient (Wildman–Crippen LogP) is 1.50. The number of aromatic nitrogens is 1. The van der Waals surface area contributed by atoms with Gasteiger partial charge in [0, 0.05) is 33.9 Å². The summed E-state index contributed by atoms with van der Waals surface area (Å²) >= 11 is 1.16. The molecule has 0 spiro atoms. The largest absolute Gasteiger partial charge is 0.465 e. The first kappa shape index (κ1) is 24.6. The molecule has 0 radical (unpaired) electrons. The Hall–Kier alpha value is -2.66. The van der Waals surface area contributed by atoms with Crippen LogP contribution in [-0.4, -0.2) is 65.8 Å². The molecule has 0 aromatic carbocycles. The highest BCUT2D eigenvalue weighted by Crippen LogP contribution is 2.38. The molecule has 0 aliphatic carbocycles. The Morgan fingerprint density at radius 2 is 1.52 bits per heavy atom. The lowest BCUT2D eigenvalue weighted by Gasteiger charge is -2.44. The molecular weight excluding hydrogens is 430 g/mol. The highest BCUT2D eigenvalue weighted by molar-refractivity contribution is 7.99. The van der Waals surface area contributed by atoms with Crippen LogP contribution in [0.15, 0.2) is 29.4 Å². The maximum absolute atomic E-state index is 11.8. The Kier molecular flexibility index (Phi) is 9.25. The number of carbonyl (C=O) groups excluding carboxylic acids is 4. The van der Waals surface area contributed by atoms with E-state index in [2.05, 4.69) is 4.98 Å². The molecule has 11 heteroatoms. The Bertz CT molecular complexity index is 788. The van der Waals surface area contributed by atoms with Crippen LogP contribution in [0.1, 0.15) is 27.7 Å². The second kappa shape index (κ2) is 11.7. The van der Waals surface area contributed by atoms with E-state index in [-0.39, 0.29) is 13.2 Å². The van der Waals surface area contributed by atoms with Gasteiger partial charge in [0.05, 0.1) is 10.9 Å². The molecule has 10 nitrogen and oxygen atoms in total. The van der Waals surface area contributed by atoms with Gasteiger partial charge in [-0.05, 0) is 12.1 Å². The van der Waals surface area contributed by atoms with Gasteiger partial charge in [-0.2, -0.15) is 0 Å². The molecule has 0 N–H and O–H groups in total. The monoisotopic (exact) mass is 455 g/mol. The fourth-order valence-corrected chi connectivity index (χ4v) is 4.09. The Morgan fingerprint density at radius 1 is 0.903 bits per heavy atom. The molecular formula is C20H25NO9S. The minimum atomic E-state index is -1.03. The molecule has 5 atom stereocenters. The van der Waals surface area contributed by atoms with E-state index in [1.54, 1.807) is 24.4 Å². The van der Waals surface area contributed by atoms with Crippen molar-refractivity contribution in [2.45, 2.75) is 56.5 Å². The van der Waals surface area contributed by atoms with Gasteiger partial charge in [0.25, 0.3) is 0 Å². The zero-order chi connectivity index (χ0) is 23.0. The molecule has 1 aromatic rings. The highest BCUT2D eigenvalue weighted by atomic mass is 32.2. The summed E-state index contributed by atoms with van der Waals surface area (Å²) in [4.78, 5) is 50.7. The number of ether oxygens (including phenoxy) is 5. The molecule has 2 heterocycles. The van der Waals surface area contributed by atoms with Crippen LogP contribution >= 0.6 is 11.8 Å². The summed E-state index contributed by atoms with van der Waals surface area (Å²) in [5.74, 6) is -3.07. The van der Waals surface area contributed by atoms with E-state index in [1.807, 2.05) is 0 Å². The predicted molar refractivity (Wildman–Crippen MR) is 107 cm³/mol. The van der Waals surface area contributed by atoms with Gasteiger partial charge in [0.2, 0.25) is 0 Å². The van der Waals surface area contributed by atoms with E-state index >= 15 is 0 Å². The number of hydrogen-bond acceptors (Lipinski definition) is 11. The second-order valence-corrected chi connectivity index (χ2v) is 7.86. The molecule has 170 valence electrons. The van der Waals surface area contributed by atoms with Gasteiger partial charge < -0.3 is 23.7 Å². The van der Waals surface area contributed by atoms with Crippen molar-refractivity contribution in [3.8, 4) is 0 Å². The van der Waals surface area contributed by atoms with Crippen LogP contribution in [0.4, 0.5) is 0 Å². The summed E-state index contributed by atoms with van der Waals surface area (Å²) in [6, 6.07) is 5.27. The average molecular weight is 455 g/mol. The van der Waals surface area contributed by atoms with Gasteiger partial charge >= 0.3 is 23.9 Å². The summed E-state index contributed by atoms with van der Waals surface area (Å²) in [7, 11) is 0. The number of thioether (sulfide) groups is 1. The minimum absolute atomic E-state index is 0.175. The van der Waals surface area contributed by atoms with Crippen LogP contribution in [0.5, 0.6) is 0 Å². The molecule has 0 bridgehead atoms. The van der Waals surface area contributed by atoms with Crippen LogP contribution in [0, 0.1) is 5.92 Å². The zero-order valence-corrected chi connectivity index (χ0v) is 18.5. The van der Waals surface area contributed by atoms with Gasteiger partial charge in [0.1, 0.15) is 24.8 Å². The van der Waals surface area contributed by atoms with Crippen molar-refractivity contribution < 1.29 is 42.9 Å². The second-order valence-electron chi connectivity index (χ2n) is 6.75. The van der Waals surface area contributed by atoms with Crippen molar-refractivity contribution >= 4 is 35.6 Å². The number of rotatable bonds is 8. The third kappa shape index (κ3) is 7.83. The van der Waals surface area contributed by atoms with Gasteiger partial charge in [-0.1, -0.05) is 17.8 Å². The standard InChI is InChI=1S/C20H25NO9S/c1-11(22)26-9-15-16(10-27-12(2)23)30-20(31-17-7-5-6-8-21-17)19(29-14(4)25)18(15)28-13(3)24/h5-8,15-16,18-20H,9-10H2,1-4H3/t15-,16-,18+,19+,20+/m0/s1. The van der Waals surface area contributed by atoms with Crippen LogP contribution in [0.3, 0.4) is 0 Å². The molecule has 31 heavy (non-hydrogen) atoms. The van der Waals surface area contributed by atoms with E-state index in [0.717, 1.165) is 11.8 Å². The van der Waals surface area contributed by atoms with Crippen molar-refractivity contribution in [2.24, 2.45) is 5.92 Å². The number of carbonyl (C=O) groups is 4. The quantitative estimate of drug-likeness (QED) is 0.418. The van der Waals surface area contributed by atoms with Crippen molar-refractivity contribution in [3.05, 3.63) is 24.4 Å². The first-order valence-corrected chi connectivity index (χ1v) is 10.4. The molecule has 2 rings (SSSR count). The summed E-state index contributed by atoms with van der Waals surface area (Å²) in [6.07, 6.45) is -1.26. The lowest BCUT2D eigenvalue weighted by Crippen LogP contribution is -2.58. The zero-order valence-electron chi connectivity index (χ0n) is 17.6. The lowest BCUT2D eigenvalue weighted by molar-refractivity contribution is -0.222. The average Bonchev–Trinajstić information content (AvgIpc) is 2.68. The van der Waals surface area contributed by atoms with E-state index in [0.29, 0.717) is 5.03 Å². The maximum atomic E-state index is 11.8. The topological polar surface area (TPSA) is 127 Å². The van der Waals surface area contributed by atoms with Crippen molar-refractivity contribution in [3.63, 3.8) is 0 Å². The normalized spacial score (nSPS) is 25.2. The summed E-state index contributed by atoms with van der Waals surface area (Å²) in [5.41, 5.74) is -0.836. The molecule has 0 saturated carbocycles. The smallest absolute Gasteiger partial charge is 0.303 e. The van der Waals surface area contributed by atoms with E-state index in [4.69, 9.17) is 23.7 Å². The van der Waals surface area contributed by atoms with Crippen LogP contribution in [-0.2, 0) is 42.9 Å². The summed E-state index contributed by atoms with van der Waals surface area (Å²) < 4.78 is 27.3. The summed E-state index contributed by atoms with van der Waals surface area (Å²) in [5, 5.41) is 0.580. The van der Waals surface area contributed by atoms with E-state index < -0.39 is 53.5 Å². The fraction of sp³-hybridized carbons (Fsp3) is 0.550. The Labute approximate surface area is 183 Å². The first-order valence-electron chi connectivity index (χ1n) is 9.51. The molecule has 1 aliphatic heterocycles. The van der Waals surface area contributed by atoms with Crippen molar-refractivity contribution in [1.29, 1.82) is 0 Å². The number of nitrogens with zero attached hydrogens (tertiary/aromatic N) is 1. The van der Waals surface area contributed by atoms with E-state index in [1.165, 1.54) is 27.7 Å². The molecule has 1 aliphatic rings. The molecule has 0 unspecified atom stereocenters. The molecule has 1 aromatic heterocycles. The Balaban J connectivity index is 2.40. The van der Waals surface area contributed by atoms with Crippen LogP contribution in [0.25, 0.3) is 0 Å². The summed E-state index contributed by atoms with van der Waals surface area (Å²) in [6.45, 7) is 4.54. The Morgan fingerprint density at radius 3 is 2.06 bits per heavy atom. The van der Waals surface area contributed by atoms with Crippen LogP contribution in [0.2, 0.25) is 0 Å². The van der Waals surface area contributed by atoms with Gasteiger partial charge in [-0.3, -0.25) is 19.2 Å². The lowest BCUT2D eigenvalue weighted by atomic mass is 9.90. The number of hydrogen-bond donors (Lipinski definition) is 0. The van der Waals surface area contributed by atoms with E-state index in [9.17, 15) is 19.2 Å². The highest BCUT2D eigenvalue weighted by Gasteiger charge is 2.51.